The standard InChI is InChI=1S/C26H33N5O2S/c1-16(2)20-13-12-17(3)14-23(20)33-15-24-29-30-26(31(24)27)34-18(4)25(32)28-22-11-7-9-19-8-5-6-10-21(19)22/h5-6,8,10,12-14,16,18,22H,7,9,11,15,27H2,1-4H3,(H,28,32). The summed E-state index contributed by atoms with van der Waals surface area (Å²) >= 11 is 1.30. The number of ether oxygens (including phenoxy) is 1. The summed E-state index contributed by atoms with van der Waals surface area (Å²) in [6, 6.07) is 14.6. The van der Waals surface area contributed by atoms with E-state index in [2.05, 4.69) is 59.7 Å². The van der Waals surface area contributed by atoms with Crippen LogP contribution in [0.3, 0.4) is 0 Å². The van der Waals surface area contributed by atoms with Crippen molar-refractivity contribution in [1.82, 2.24) is 20.2 Å². The molecular formula is C26H33N5O2S. The van der Waals surface area contributed by atoms with Gasteiger partial charge < -0.3 is 15.9 Å². The first-order valence-electron chi connectivity index (χ1n) is 11.8. The van der Waals surface area contributed by atoms with Crippen LogP contribution in [-0.4, -0.2) is 26.0 Å². The molecule has 1 heterocycles. The normalized spacial score (nSPS) is 16.2. The molecule has 180 valence electrons. The second-order valence-electron chi connectivity index (χ2n) is 9.17. The number of benzene rings is 2. The van der Waals surface area contributed by atoms with Crippen molar-refractivity contribution >= 4 is 17.7 Å². The second kappa shape index (κ2) is 10.5. The molecule has 3 aromatic rings. The summed E-state index contributed by atoms with van der Waals surface area (Å²) in [6.45, 7) is 8.37. The molecule has 1 aliphatic carbocycles. The van der Waals surface area contributed by atoms with E-state index in [-0.39, 0.29) is 23.8 Å². The molecular weight excluding hydrogens is 446 g/mol. The molecule has 0 saturated heterocycles. The van der Waals surface area contributed by atoms with Crippen LogP contribution in [0.25, 0.3) is 0 Å². The zero-order valence-corrected chi connectivity index (χ0v) is 21.1. The number of amides is 1. The summed E-state index contributed by atoms with van der Waals surface area (Å²) in [6.07, 6.45) is 3.09. The fraction of sp³-hybridized carbons (Fsp3) is 0.423. The highest BCUT2D eigenvalue weighted by molar-refractivity contribution is 8.00. The van der Waals surface area contributed by atoms with Crippen LogP contribution in [0.4, 0.5) is 0 Å². The van der Waals surface area contributed by atoms with Crippen LogP contribution in [0.2, 0.25) is 0 Å². The number of hydrogen-bond donors (Lipinski definition) is 2. The molecule has 2 aromatic carbocycles. The van der Waals surface area contributed by atoms with Crippen molar-refractivity contribution in [2.45, 2.75) is 75.9 Å². The highest BCUT2D eigenvalue weighted by atomic mass is 32.2. The summed E-state index contributed by atoms with van der Waals surface area (Å²) in [5, 5.41) is 11.7. The van der Waals surface area contributed by atoms with Gasteiger partial charge in [0.2, 0.25) is 11.1 Å². The molecule has 1 aliphatic rings. The molecule has 0 spiro atoms. The first-order valence-corrected chi connectivity index (χ1v) is 12.7. The molecule has 4 rings (SSSR count). The Kier molecular flexibility index (Phi) is 7.46. The highest BCUT2D eigenvalue weighted by Gasteiger charge is 2.25. The monoisotopic (exact) mass is 479 g/mol. The van der Waals surface area contributed by atoms with Gasteiger partial charge in [-0.25, -0.2) is 4.68 Å². The van der Waals surface area contributed by atoms with Gasteiger partial charge in [0, 0.05) is 0 Å². The maximum Gasteiger partial charge on any atom is 0.233 e. The van der Waals surface area contributed by atoms with E-state index in [1.54, 1.807) is 0 Å². The van der Waals surface area contributed by atoms with Gasteiger partial charge in [-0.05, 0) is 67.3 Å². The maximum absolute atomic E-state index is 12.9. The SMILES string of the molecule is Cc1ccc(C(C)C)c(OCc2nnc(SC(C)C(=O)NC3CCCc4ccccc43)n2N)c1. The minimum atomic E-state index is -0.362. The molecule has 0 saturated carbocycles. The van der Waals surface area contributed by atoms with Gasteiger partial charge in [0.1, 0.15) is 12.4 Å². The lowest BCUT2D eigenvalue weighted by Gasteiger charge is -2.27. The fourth-order valence-electron chi connectivity index (χ4n) is 4.28. The van der Waals surface area contributed by atoms with Gasteiger partial charge in [0.05, 0.1) is 11.3 Å². The van der Waals surface area contributed by atoms with Crippen molar-refractivity contribution in [2.75, 3.05) is 5.84 Å². The minimum absolute atomic E-state index is 0.0335. The number of nitrogens with one attached hydrogen (secondary N) is 1. The van der Waals surface area contributed by atoms with Crippen LogP contribution in [0.1, 0.15) is 73.7 Å². The van der Waals surface area contributed by atoms with Gasteiger partial charge in [-0.3, -0.25) is 4.79 Å². The van der Waals surface area contributed by atoms with Crippen molar-refractivity contribution < 1.29 is 9.53 Å². The second-order valence-corrected chi connectivity index (χ2v) is 10.5. The Balaban J connectivity index is 1.38. The Morgan fingerprint density at radius 2 is 2.03 bits per heavy atom. The van der Waals surface area contributed by atoms with Gasteiger partial charge in [-0.2, -0.15) is 0 Å². The van der Waals surface area contributed by atoms with E-state index < -0.39 is 0 Å². The topological polar surface area (TPSA) is 95.1 Å². The molecule has 2 unspecified atom stereocenters. The van der Waals surface area contributed by atoms with Crippen molar-refractivity contribution in [3.63, 3.8) is 0 Å². The predicted octanol–water partition coefficient (Wildman–Crippen LogP) is 4.68. The summed E-state index contributed by atoms with van der Waals surface area (Å²) in [5.74, 6) is 7.89. The first-order chi connectivity index (χ1) is 16.3. The van der Waals surface area contributed by atoms with Gasteiger partial charge in [0.25, 0.3) is 0 Å². The summed E-state index contributed by atoms with van der Waals surface area (Å²) in [7, 11) is 0. The zero-order valence-electron chi connectivity index (χ0n) is 20.2. The van der Waals surface area contributed by atoms with E-state index in [1.165, 1.54) is 27.6 Å². The number of nitrogens with zero attached hydrogens (tertiary/aromatic N) is 3. The molecule has 34 heavy (non-hydrogen) atoms. The molecule has 3 N–H and O–H groups in total. The van der Waals surface area contributed by atoms with E-state index in [1.807, 2.05) is 26.0 Å². The third-order valence-corrected chi connectivity index (χ3v) is 7.28. The molecule has 7 nitrogen and oxygen atoms in total. The Morgan fingerprint density at radius 1 is 1.24 bits per heavy atom. The quantitative estimate of drug-likeness (QED) is 0.360. The third kappa shape index (κ3) is 5.38. The average molecular weight is 480 g/mol. The van der Waals surface area contributed by atoms with Gasteiger partial charge in [-0.1, -0.05) is 62.0 Å². The van der Waals surface area contributed by atoms with Gasteiger partial charge in [-0.15, -0.1) is 10.2 Å². The summed E-state index contributed by atoms with van der Waals surface area (Å²) in [5.41, 5.74) is 4.81. The Morgan fingerprint density at radius 3 is 2.82 bits per heavy atom. The number of aromatic nitrogens is 3. The average Bonchev–Trinajstić information content (AvgIpc) is 3.16. The van der Waals surface area contributed by atoms with Crippen LogP contribution < -0.4 is 15.9 Å². The fourth-order valence-corrected chi connectivity index (χ4v) is 5.07. The number of aryl methyl sites for hydroxylation is 2. The molecule has 0 fully saturated rings. The van der Waals surface area contributed by atoms with E-state index in [9.17, 15) is 4.79 Å². The Labute approximate surface area is 205 Å². The molecule has 0 radical (unpaired) electrons. The zero-order chi connectivity index (χ0) is 24.2. The minimum Gasteiger partial charge on any atom is -0.485 e. The predicted molar refractivity (Wildman–Crippen MR) is 135 cm³/mol. The van der Waals surface area contributed by atoms with Crippen LogP contribution in [0, 0.1) is 6.92 Å². The third-order valence-electron chi connectivity index (χ3n) is 6.22. The molecule has 8 heteroatoms. The lowest BCUT2D eigenvalue weighted by Crippen LogP contribution is -2.36. The number of rotatable bonds is 8. The number of carbonyl (C=O) groups excluding carboxylic acids is 1. The molecule has 1 amide bonds. The number of hydrogen-bond acceptors (Lipinski definition) is 6. The van der Waals surface area contributed by atoms with Gasteiger partial charge >= 0.3 is 0 Å². The lowest BCUT2D eigenvalue weighted by atomic mass is 9.88. The number of thioether (sulfide) groups is 1. The Bertz CT molecular complexity index is 1160. The van der Waals surface area contributed by atoms with Crippen molar-refractivity contribution in [3.05, 3.63) is 70.5 Å². The number of nitrogen functional groups attached to an aromatic ring is 1. The number of fused-ring (bicyclic) bond motifs is 1. The van der Waals surface area contributed by atoms with E-state index in [0.717, 1.165) is 36.1 Å². The lowest BCUT2D eigenvalue weighted by molar-refractivity contribution is -0.121. The van der Waals surface area contributed by atoms with Crippen molar-refractivity contribution in [3.8, 4) is 5.75 Å². The largest absolute Gasteiger partial charge is 0.485 e. The van der Waals surface area contributed by atoms with E-state index in [4.69, 9.17) is 10.6 Å². The smallest absolute Gasteiger partial charge is 0.233 e. The molecule has 0 aliphatic heterocycles. The van der Waals surface area contributed by atoms with Crippen LogP contribution in [0.15, 0.2) is 47.6 Å². The van der Waals surface area contributed by atoms with Crippen molar-refractivity contribution in [1.29, 1.82) is 0 Å². The summed E-state index contributed by atoms with van der Waals surface area (Å²) < 4.78 is 7.47. The number of nitrogens with two attached hydrogens (primary N) is 1. The van der Waals surface area contributed by atoms with Crippen molar-refractivity contribution in [2.24, 2.45) is 0 Å². The maximum atomic E-state index is 12.9. The summed E-state index contributed by atoms with van der Waals surface area (Å²) in [4.78, 5) is 12.9. The van der Waals surface area contributed by atoms with E-state index >= 15 is 0 Å². The molecule has 0 bridgehead atoms. The Hall–Kier alpha value is -3.00. The van der Waals surface area contributed by atoms with Crippen LogP contribution in [-0.2, 0) is 17.8 Å². The van der Waals surface area contributed by atoms with Crippen LogP contribution in [0.5, 0.6) is 5.75 Å². The number of carbonyl (C=O) groups is 1. The highest BCUT2D eigenvalue weighted by Crippen LogP contribution is 2.31. The first kappa shape index (κ1) is 24.1. The van der Waals surface area contributed by atoms with E-state index in [0.29, 0.717) is 16.9 Å². The molecule has 1 aromatic heterocycles. The molecule has 2 atom stereocenters. The van der Waals surface area contributed by atoms with Crippen LogP contribution >= 0.6 is 11.8 Å². The van der Waals surface area contributed by atoms with Gasteiger partial charge in [0.15, 0.2) is 5.82 Å².